The summed E-state index contributed by atoms with van der Waals surface area (Å²) in [6.07, 6.45) is 1.43. The molecular weight excluding hydrogens is 610 g/mol. The number of halogens is 4. The van der Waals surface area contributed by atoms with Gasteiger partial charge in [-0.25, -0.2) is 0 Å². The first kappa shape index (κ1) is 29.7. The molecule has 2 amide bonds. The van der Waals surface area contributed by atoms with Crippen molar-refractivity contribution < 1.29 is 14.4 Å². The third-order valence-electron chi connectivity index (χ3n) is 5.53. The zero-order valence-electron chi connectivity index (χ0n) is 20.6. The van der Waals surface area contributed by atoms with Crippen molar-refractivity contribution in [2.24, 2.45) is 0 Å². The standard InChI is InChI=1S/C30H20Cl4N2O3S/c31-19-9-14-22(26(34)15-19)28(37)17-40-21-12-10-20(11-13-21)35-30(39)27(16-23-24(32)7-4-8-25(23)33)36-29(38)18-5-2-1-3-6-18/h1-16H,17H2,(H,35,39)(H,36,38)/b27-16-. The fourth-order valence-electron chi connectivity index (χ4n) is 3.51. The molecule has 4 rings (SSSR count). The van der Waals surface area contributed by atoms with Crippen molar-refractivity contribution in [3.63, 3.8) is 0 Å². The summed E-state index contributed by atoms with van der Waals surface area (Å²) in [7, 11) is 0. The summed E-state index contributed by atoms with van der Waals surface area (Å²) in [4.78, 5) is 39.5. The van der Waals surface area contributed by atoms with Crippen LogP contribution in [-0.2, 0) is 4.79 Å². The number of hydrogen-bond donors (Lipinski definition) is 2. The first-order valence-corrected chi connectivity index (χ1v) is 14.3. The maximum absolute atomic E-state index is 13.3. The van der Waals surface area contributed by atoms with Gasteiger partial charge in [0.15, 0.2) is 5.78 Å². The van der Waals surface area contributed by atoms with Gasteiger partial charge in [0.05, 0.1) is 10.8 Å². The second-order valence-corrected chi connectivity index (χ2v) is 11.0. The van der Waals surface area contributed by atoms with Crippen molar-refractivity contribution in [2.75, 3.05) is 11.1 Å². The minimum atomic E-state index is -0.576. The molecule has 0 aliphatic rings. The lowest BCUT2D eigenvalue weighted by Gasteiger charge is -2.13. The van der Waals surface area contributed by atoms with Crippen molar-refractivity contribution >= 4 is 87.5 Å². The van der Waals surface area contributed by atoms with Crippen molar-refractivity contribution in [2.45, 2.75) is 4.90 Å². The first-order chi connectivity index (χ1) is 19.2. The average Bonchev–Trinajstić information content (AvgIpc) is 2.94. The van der Waals surface area contributed by atoms with E-state index in [2.05, 4.69) is 10.6 Å². The zero-order valence-corrected chi connectivity index (χ0v) is 24.4. The van der Waals surface area contributed by atoms with Crippen LogP contribution in [0.3, 0.4) is 0 Å². The van der Waals surface area contributed by atoms with Crippen molar-refractivity contribution in [1.82, 2.24) is 5.32 Å². The topological polar surface area (TPSA) is 75.3 Å². The molecule has 0 radical (unpaired) electrons. The Kier molecular flexibility index (Phi) is 10.3. The fourth-order valence-corrected chi connectivity index (χ4v) is 5.31. The zero-order chi connectivity index (χ0) is 28.6. The molecule has 4 aromatic carbocycles. The Morgan fingerprint density at radius 2 is 1.43 bits per heavy atom. The number of carbonyl (C=O) groups is 3. The Labute approximate surface area is 255 Å². The fraction of sp³-hybridized carbons (Fsp3) is 0.0333. The van der Waals surface area contributed by atoms with Gasteiger partial charge in [0, 0.05) is 42.3 Å². The highest BCUT2D eigenvalue weighted by atomic mass is 35.5. The summed E-state index contributed by atoms with van der Waals surface area (Å²) in [5.41, 5.74) is 1.60. The molecule has 0 saturated heterocycles. The van der Waals surface area contributed by atoms with Crippen molar-refractivity contribution in [1.29, 1.82) is 0 Å². The Morgan fingerprint density at radius 1 is 0.750 bits per heavy atom. The van der Waals surface area contributed by atoms with Crippen molar-refractivity contribution in [3.05, 3.63) is 133 Å². The van der Waals surface area contributed by atoms with E-state index in [-0.39, 0.29) is 17.2 Å². The van der Waals surface area contributed by atoms with E-state index in [0.717, 1.165) is 4.90 Å². The van der Waals surface area contributed by atoms with E-state index < -0.39 is 11.8 Å². The van der Waals surface area contributed by atoms with Gasteiger partial charge in [-0.05, 0) is 72.8 Å². The predicted molar refractivity (Wildman–Crippen MR) is 165 cm³/mol. The minimum absolute atomic E-state index is 0.0484. The predicted octanol–water partition coefficient (Wildman–Crippen LogP) is 8.68. The summed E-state index contributed by atoms with van der Waals surface area (Å²) in [5.74, 6) is -1.01. The van der Waals surface area contributed by atoms with Gasteiger partial charge in [-0.2, -0.15) is 0 Å². The number of rotatable bonds is 9. The summed E-state index contributed by atoms with van der Waals surface area (Å²) in [6.45, 7) is 0. The van der Waals surface area contributed by atoms with Crippen molar-refractivity contribution in [3.8, 4) is 0 Å². The van der Waals surface area contributed by atoms with Gasteiger partial charge in [-0.1, -0.05) is 70.7 Å². The molecule has 5 nitrogen and oxygen atoms in total. The maximum atomic E-state index is 13.3. The number of anilines is 1. The highest BCUT2D eigenvalue weighted by Gasteiger charge is 2.17. The molecule has 0 atom stereocenters. The molecule has 0 spiro atoms. The molecule has 0 unspecified atom stereocenters. The summed E-state index contributed by atoms with van der Waals surface area (Å²) >= 11 is 26.0. The monoisotopic (exact) mass is 628 g/mol. The van der Waals surface area contributed by atoms with Gasteiger partial charge in [0.1, 0.15) is 5.70 Å². The van der Waals surface area contributed by atoms with Crippen LogP contribution in [0, 0.1) is 0 Å². The number of Topliss-reactive ketones (excluding diaryl/α,β-unsaturated/α-hetero) is 1. The minimum Gasteiger partial charge on any atom is -0.321 e. The van der Waals surface area contributed by atoms with Crippen LogP contribution in [0.2, 0.25) is 20.1 Å². The van der Waals surface area contributed by atoms with Gasteiger partial charge in [-0.3, -0.25) is 14.4 Å². The normalized spacial score (nSPS) is 11.2. The first-order valence-electron chi connectivity index (χ1n) is 11.8. The quantitative estimate of drug-likeness (QED) is 0.110. The van der Waals surface area contributed by atoms with E-state index in [9.17, 15) is 14.4 Å². The Balaban J connectivity index is 1.47. The molecule has 2 N–H and O–H groups in total. The Morgan fingerprint density at radius 3 is 2.08 bits per heavy atom. The van der Waals surface area contributed by atoms with E-state index in [1.807, 2.05) is 0 Å². The van der Waals surface area contributed by atoms with Gasteiger partial charge in [0.2, 0.25) is 0 Å². The molecule has 0 aliphatic carbocycles. The third kappa shape index (κ3) is 7.90. The molecule has 4 aromatic rings. The lowest BCUT2D eigenvalue weighted by Crippen LogP contribution is -2.30. The summed E-state index contributed by atoms with van der Waals surface area (Å²) in [6, 6.07) is 25.1. The number of nitrogens with one attached hydrogen (secondary N) is 2. The number of hydrogen-bond acceptors (Lipinski definition) is 4. The molecule has 0 fully saturated rings. The second-order valence-electron chi connectivity index (χ2n) is 8.33. The van der Waals surface area contributed by atoms with Crippen LogP contribution >= 0.6 is 58.2 Å². The highest BCUT2D eigenvalue weighted by molar-refractivity contribution is 8.00. The lowest BCUT2D eigenvalue weighted by molar-refractivity contribution is -0.113. The van der Waals surface area contributed by atoms with Gasteiger partial charge < -0.3 is 10.6 Å². The molecule has 0 aliphatic heterocycles. The van der Waals surface area contributed by atoms with Crippen LogP contribution < -0.4 is 10.6 Å². The molecule has 40 heavy (non-hydrogen) atoms. The summed E-state index contributed by atoms with van der Waals surface area (Å²) in [5, 5.41) is 6.84. The third-order valence-corrected chi connectivity index (χ3v) is 7.75. The van der Waals surface area contributed by atoms with Crippen LogP contribution in [0.25, 0.3) is 6.08 Å². The SMILES string of the molecule is O=C(Nc1ccc(SCC(=O)c2ccc(Cl)cc2Cl)cc1)/C(=C/c1c(Cl)cccc1Cl)NC(=O)c1ccccc1. The maximum Gasteiger partial charge on any atom is 0.272 e. The van der Waals surface area contributed by atoms with Crippen LogP contribution in [0.4, 0.5) is 5.69 Å². The van der Waals surface area contributed by atoms with Gasteiger partial charge >= 0.3 is 0 Å². The Hall–Kier alpha value is -3.26. The molecular formula is C30H20Cl4N2O3S. The average molecular weight is 630 g/mol. The summed E-state index contributed by atoms with van der Waals surface area (Å²) < 4.78 is 0. The molecule has 0 bridgehead atoms. The number of ketones is 1. The Bertz CT molecular complexity index is 1570. The van der Waals surface area contributed by atoms with Gasteiger partial charge in [0.25, 0.3) is 11.8 Å². The van der Waals surface area contributed by atoms with E-state index in [4.69, 9.17) is 46.4 Å². The van der Waals surface area contributed by atoms with Gasteiger partial charge in [-0.15, -0.1) is 11.8 Å². The van der Waals surface area contributed by atoms with E-state index in [1.54, 1.807) is 84.9 Å². The molecule has 10 heteroatoms. The molecule has 0 aromatic heterocycles. The number of amides is 2. The van der Waals surface area contributed by atoms with Crippen LogP contribution in [-0.4, -0.2) is 23.4 Å². The number of thioether (sulfide) groups is 1. The largest absolute Gasteiger partial charge is 0.321 e. The van der Waals surface area contributed by atoms with E-state index in [0.29, 0.717) is 42.5 Å². The second kappa shape index (κ2) is 13.9. The highest BCUT2D eigenvalue weighted by Crippen LogP contribution is 2.28. The molecule has 202 valence electrons. The number of benzene rings is 4. The van der Waals surface area contributed by atoms with E-state index in [1.165, 1.54) is 23.9 Å². The number of carbonyl (C=O) groups excluding carboxylic acids is 3. The smallest absolute Gasteiger partial charge is 0.272 e. The van der Waals surface area contributed by atoms with Crippen LogP contribution in [0.15, 0.2) is 102 Å². The lowest BCUT2D eigenvalue weighted by atomic mass is 10.1. The van der Waals surface area contributed by atoms with Crippen LogP contribution in [0.1, 0.15) is 26.3 Å². The van der Waals surface area contributed by atoms with Crippen LogP contribution in [0.5, 0.6) is 0 Å². The molecule has 0 heterocycles. The van der Waals surface area contributed by atoms with E-state index >= 15 is 0 Å². The molecule has 0 saturated carbocycles.